The number of aryl methyl sites for hydroxylation is 1. The Morgan fingerprint density at radius 1 is 0.562 bits per heavy atom. The van der Waals surface area contributed by atoms with E-state index in [1.807, 2.05) is 57.2 Å². The number of hydrogen-bond donors (Lipinski definition) is 1. The topological polar surface area (TPSA) is 50.9 Å². The first-order chi connectivity index (χ1) is 38.3. The number of aromatic hydroxyl groups is 1. The average Bonchev–Trinajstić information content (AvgIpc) is 1.12. The molecule has 0 aliphatic rings. The SMILES string of the molecule is [2H]C([2H])([2H])c1ccc(-n2c(-c3cc(C(C([2H])([2H])[2H])(C([2H])([2H])[2H])C([2H])([2H])[2H])cc(C(C([2H])([2H])[2H])(C([2H])([2H])[2H])C([2H])([2H])[2H])c3O)nc3c(-c4[c-]c(-c5cc(-c6ccc(C(C)(C)C)cc6)ccn5)cc(C(C)(C)C)c4)cccc32)c(-c2ccccc2)c1.[Pt]. The Kier molecular flexibility index (Phi) is 7.05. The third-order valence-electron chi connectivity index (χ3n) is 11.3. The Hall–Kier alpha value is -5.57. The van der Waals surface area contributed by atoms with E-state index in [4.69, 9.17) is 38.8 Å². The zero-order valence-electron chi connectivity index (χ0n) is 57.3. The molecule has 6 aromatic carbocycles. The molecule has 0 saturated heterocycles. The molecule has 0 aliphatic carbocycles. The van der Waals surface area contributed by atoms with Crippen molar-refractivity contribution in [2.45, 2.75) is 111 Å². The van der Waals surface area contributed by atoms with Gasteiger partial charge in [-0.15, -0.1) is 29.3 Å². The quantitative estimate of drug-likeness (QED) is 0.169. The number of benzene rings is 6. The van der Waals surface area contributed by atoms with Gasteiger partial charge in [-0.3, -0.25) is 9.55 Å². The van der Waals surface area contributed by atoms with Crippen LogP contribution in [0.3, 0.4) is 0 Å². The van der Waals surface area contributed by atoms with Gasteiger partial charge in [0.25, 0.3) is 0 Å². The summed E-state index contributed by atoms with van der Waals surface area (Å²) in [5.41, 5.74) is -6.33. The Balaban J connectivity index is 0.0000104. The fourth-order valence-corrected chi connectivity index (χ4v) is 7.83. The molecule has 2 heterocycles. The molecule has 0 spiro atoms. The number of nitrogens with zero attached hydrogens (tertiary/aromatic N) is 3. The number of hydrogen-bond acceptors (Lipinski definition) is 3. The second-order valence-corrected chi connectivity index (χ2v) is 18.2. The molecule has 0 amide bonds. The molecule has 64 heavy (non-hydrogen) atoms. The maximum Gasteiger partial charge on any atom is 0.148 e. The molecule has 0 bridgehead atoms. The molecule has 2 aromatic heterocycles. The van der Waals surface area contributed by atoms with E-state index in [1.165, 1.54) is 22.8 Å². The minimum Gasteiger partial charge on any atom is -0.507 e. The number of phenolic OH excluding ortho intramolecular Hbond substituents is 1. The zero-order valence-corrected chi connectivity index (χ0v) is 38.6. The van der Waals surface area contributed by atoms with Gasteiger partial charge in [-0.05, 0) is 86.7 Å². The standard InChI is InChI=1S/C59H62N3O.Pt/c1-37-22-27-51(47(30-37)39-18-15-14-16-19-39)62-52-21-17-20-46(53(52)61-55(62)48-35-45(58(8,9)10)36-49(54(48)63)59(11,12)13)41-31-42(33-44(32-41)57(5,6)7)50-34-40(28-29-60-50)38-23-25-43(26-24-38)56(2,3)4;/h14-30,32-36,63H,1-13H3;/q-1;/i1D3,8D3,9D3,10D3,11D3,12D3,13D3;. The summed E-state index contributed by atoms with van der Waals surface area (Å²) in [6.07, 6.45) is 1.68. The van der Waals surface area contributed by atoms with Crippen LogP contribution in [0.5, 0.6) is 5.75 Å². The van der Waals surface area contributed by atoms with Gasteiger partial charge in [-0.1, -0.05) is 184 Å². The molecule has 4 nitrogen and oxygen atoms in total. The van der Waals surface area contributed by atoms with Gasteiger partial charge >= 0.3 is 0 Å². The minimum absolute atomic E-state index is 0. The van der Waals surface area contributed by atoms with Gasteiger partial charge in [0.05, 0.1) is 22.3 Å². The first-order valence-corrected chi connectivity index (χ1v) is 20.5. The predicted octanol–water partition coefficient (Wildman–Crippen LogP) is 15.8. The molecule has 8 aromatic rings. The van der Waals surface area contributed by atoms with Crippen LogP contribution in [-0.2, 0) is 42.7 Å². The Morgan fingerprint density at radius 2 is 1.25 bits per heavy atom. The van der Waals surface area contributed by atoms with E-state index in [9.17, 15) is 5.11 Å². The third-order valence-corrected chi connectivity index (χ3v) is 11.3. The summed E-state index contributed by atoms with van der Waals surface area (Å²) in [6, 6.07) is 37.6. The maximum absolute atomic E-state index is 13.0. The second kappa shape index (κ2) is 17.1. The Labute approximate surface area is 425 Å². The summed E-state index contributed by atoms with van der Waals surface area (Å²) in [4.78, 5) is 9.89. The molecular weight excluding hydrogens is 962 g/mol. The maximum atomic E-state index is 13.0. The van der Waals surface area contributed by atoms with E-state index in [1.54, 1.807) is 54.7 Å². The largest absolute Gasteiger partial charge is 0.507 e. The van der Waals surface area contributed by atoms with Gasteiger partial charge in [0.1, 0.15) is 11.6 Å². The second-order valence-electron chi connectivity index (χ2n) is 18.2. The van der Waals surface area contributed by atoms with Crippen LogP contribution in [0.4, 0.5) is 0 Å². The van der Waals surface area contributed by atoms with Crippen LogP contribution < -0.4 is 0 Å². The molecule has 330 valence electrons. The molecule has 1 N–H and O–H groups in total. The van der Waals surface area contributed by atoms with Crippen LogP contribution in [0.2, 0.25) is 0 Å². The predicted molar refractivity (Wildman–Crippen MR) is 266 cm³/mol. The molecule has 5 heteroatoms. The van der Waals surface area contributed by atoms with Crippen LogP contribution >= 0.6 is 0 Å². The normalized spacial score (nSPS) is 18.6. The fraction of sp³-hybridized carbons (Fsp3) is 0.288. The number of pyridine rings is 1. The molecule has 0 aliphatic heterocycles. The van der Waals surface area contributed by atoms with Crippen LogP contribution in [0.25, 0.3) is 72.7 Å². The number of rotatable bonds is 6. The summed E-state index contributed by atoms with van der Waals surface area (Å²) in [5.74, 6) is -2.00. The van der Waals surface area contributed by atoms with Crippen LogP contribution in [0.1, 0.15) is 139 Å². The van der Waals surface area contributed by atoms with Crippen molar-refractivity contribution < 1.29 is 55.0 Å². The Bertz CT molecular complexity index is 3710. The van der Waals surface area contributed by atoms with E-state index < -0.39 is 92.5 Å². The van der Waals surface area contributed by atoms with Crippen molar-refractivity contribution in [2.24, 2.45) is 0 Å². The van der Waals surface area contributed by atoms with Gasteiger partial charge in [0.2, 0.25) is 0 Å². The Morgan fingerprint density at radius 3 is 1.92 bits per heavy atom. The molecule has 0 unspecified atom stereocenters. The number of phenols is 1. The van der Waals surface area contributed by atoms with Crippen molar-refractivity contribution in [1.29, 1.82) is 0 Å². The average molecular weight is 1050 g/mol. The smallest absolute Gasteiger partial charge is 0.148 e. The molecule has 0 radical (unpaired) electrons. The van der Waals surface area contributed by atoms with E-state index >= 15 is 0 Å². The number of fused-ring (bicyclic) bond motifs is 1. The molecular formula is C59H62N3OPt-. The monoisotopic (exact) mass is 1040 g/mol. The van der Waals surface area contributed by atoms with E-state index in [0.29, 0.717) is 34.0 Å². The summed E-state index contributed by atoms with van der Waals surface area (Å²) in [5, 5.41) is 13.0. The van der Waals surface area contributed by atoms with E-state index in [-0.39, 0.29) is 60.4 Å². The first kappa shape index (κ1) is 26.4. The van der Waals surface area contributed by atoms with Gasteiger partial charge in [-0.25, -0.2) is 4.98 Å². The van der Waals surface area contributed by atoms with Crippen molar-refractivity contribution in [3.8, 4) is 67.5 Å². The zero-order chi connectivity index (χ0) is 62.7. The van der Waals surface area contributed by atoms with Gasteiger partial charge in [0.15, 0.2) is 0 Å². The molecule has 0 saturated carbocycles. The third kappa shape index (κ3) is 9.18. The van der Waals surface area contributed by atoms with Crippen LogP contribution in [-0.4, -0.2) is 19.6 Å². The van der Waals surface area contributed by atoms with Gasteiger partial charge < -0.3 is 5.11 Å². The summed E-state index contributed by atoms with van der Waals surface area (Å²) in [7, 11) is 0. The molecule has 0 atom stereocenters. The van der Waals surface area contributed by atoms with Crippen molar-refractivity contribution >= 4 is 11.0 Å². The van der Waals surface area contributed by atoms with E-state index in [0.717, 1.165) is 22.3 Å². The van der Waals surface area contributed by atoms with Crippen LogP contribution in [0.15, 0.2) is 134 Å². The summed E-state index contributed by atoms with van der Waals surface area (Å²) >= 11 is 0. The molecule has 8 rings (SSSR count). The van der Waals surface area contributed by atoms with E-state index in [2.05, 4.69) is 39.0 Å². The van der Waals surface area contributed by atoms with Crippen LogP contribution in [0, 0.1) is 12.9 Å². The van der Waals surface area contributed by atoms with Crippen molar-refractivity contribution in [3.63, 3.8) is 0 Å². The number of imidazole rings is 1. The number of aromatic nitrogens is 3. The van der Waals surface area contributed by atoms with Crippen molar-refractivity contribution in [2.75, 3.05) is 0 Å². The number of para-hydroxylation sites is 1. The first-order valence-electron chi connectivity index (χ1n) is 31.0. The molecule has 0 fully saturated rings. The van der Waals surface area contributed by atoms with Gasteiger partial charge in [0, 0.05) is 72.9 Å². The summed E-state index contributed by atoms with van der Waals surface area (Å²) in [6.45, 7) is -15.2. The van der Waals surface area contributed by atoms with Gasteiger partial charge in [-0.2, -0.15) is 0 Å². The van der Waals surface area contributed by atoms with Crippen molar-refractivity contribution in [3.05, 3.63) is 167 Å². The summed E-state index contributed by atoms with van der Waals surface area (Å²) < 4.78 is 184. The van der Waals surface area contributed by atoms with Crippen molar-refractivity contribution in [1.82, 2.24) is 14.5 Å². The fourth-order valence-electron chi connectivity index (χ4n) is 7.83. The minimum atomic E-state index is -4.20.